The summed E-state index contributed by atoms with van der Waals surface area (Å²) in [6, 6.07) is 6.13. The van der Waals surface area contributed by atoms with Crippen molar-refractivity contribution in [3.8, 4) is 23.0 Å². The van der Waals surface area contributed by atoms with Gasteiger partial charge >= 0.3 is 6.01 Å². The van der Waals surface area contributed by atoms with Gasteiger partial charge in [0, 0.05) is 56.3 Å². The highest BCUT2D eigenvalue weighted by Gasteiger charge is 2.35. The molecule has 3 aliphatic heterocycles. The third-order valence-electron chi connectivity index (χ3n) is 10.5. The number of unbranched alkanes of at least 4 members (excludes halogenated alkanes) is 1. The SMILES string of the molecule is CCc1c(F)ccc2cc(O)cc(-c3ncc4c(N5CC6CCC(C5)N6)nc(OC[C@@H]5CCCN5C(=O)CCCCC(=O)NCC=O)nc4c3F)c12. The normalized spacial score (nSPS) is 19.8. The second kappa shape index (κ2) is 15.3. The van der Waals surface area contributed by atoms with Crippen LogP contribution in [0.2, 0.25) is 0 Å². The zero-order chi connectivity index (χ0) is 36.4. The number of carbonyl (C=O) groups excluding carboxylic acids is 3. The Morgan fingerprint density at radius 2 is 1.88 bits per heavy atom. The standard InChI is InChI=1S/C38H43F2N7O5/c1-2-27-30(39)12-9-22-16-26(49)17-28(33(22)27)35-34(40)36-29(18-42-35)37(46-19-23-10-11-24(20-46)43-23)45-38(44-36)52-21-25-6-5-14-47(25)32(51)8-4-3-7-31(50)41-13-15-48/h9,12,15-18,23-25,43,49H,2-8,10-11,13-14,19-21H2,1H3,(H,41,50)/t23?,24?,25-/m0/s1. The summed E-state index contributed by atoms with van der Waals surface area (Å²) in [7, 11) is 0. The molecule has 7 rings (SSSR count). The predicted octanol–water partition coefficient (Wildman–Crippen LogP) is 4.58. The molecule has 2 aromatic carbocycles. The summed E-state index contributed by atoms with van der Waals surface area (Å²) in [5.74, 6) is -0.997. The quantitative estimate of drug-likeness (QED) is 0.133. The number of ether oxygens (including phenoxy) is 1. The smallest absolute Gasteiger partial charge is 0.319 e. The Balaban J connectivity index is 1.18. The zero-order valence-electron chi connectivity index (χ0n) is 29.2. The molecule has 2 amide bonds. The Hall–Kier alpha value is -4.98. The number of aldehydes is 1. The van der Waals surface area contributed by atoms with E-state index in [-0.39, 0.29) is 84.5 Å². The van der Waals surface area contributed by atoms with Gasteiger partial charge in [0.25, 0.3) is 0 Å². The van der Waals surface area contributed by atoms with Crippen molar-refractivity contribution in [2.75, 3.05) is 37.7 Å². The van der Waals surface area contributed by atoms with Crippen LogP contribution < -0.4 is 20.3 Å². The fraction of sp³-hybridized carbons (Fsp3) is 0.474. The van der Waals surface area contributed by atoms with Gasteiger partial charge in [-0.2, -0.15) is 9.97 Å². The predicted molar refractivity (Wildman–Crippen MR) is 191 cm³/mol. The second-order valence-electron chi connectivity index (χ2n) is 13.9. The number of aryl methyl sites for hydroxylation is 1. The number of aromatic hydroxyl groups is 1. The van der Waals surface area contributed by atoms with Gasteiger partial charge in [-0.1, -0.05) is 13.0 Å². The summed E-state index contributed by atoms with van der Waals surface area (Å²) in [6.07, 6.45) is 7.73. The lowest BCUT2D eigenvalue weighted by atomic mass is 9.94. The molecule has 52 heavy (non-hydrogen) atoms. The van der Waals surface area contributed by atoms with Gasteiger partial charge in [-0.15, -0.1) is 0 Å². The third kappa shape index (κ3) is 7.21. The number of hydrogen-bond acceptors (Lipinski definition) is 10. The number of amides is 2. The lowest BCUT2D eigenvalue weighted by Crippen LogP contribution is -2.51. The van der Waals surface area contributed by atoms with E-state index < -0.39 is 11.6 Å². The first kappa shape index (κ1) is 35.4. The average Bonchev–Trinajstić information content (AvgIpc) is 3.76. The molecule has 3 fully saturated rings. The maximum absolute atomic E-state index is 16.9. The topological polar surface area (TPSA) is 150 Å². The second-order valence-corrected chi connectivity index (χ2v) is 13.9. The summed E-state index contributed by atoms with van der Waals surface area (Å²) in [6.45, 7) is 3.85. The summed E-state index contributed by atoms with van der Waals surface area (Å²) in [4.78, 5) is 53.3. The van der Waals surface area contributed by atoms with Crippen LogP contribution >= 0.6 is 0 Å². The van der Waals surface area contributed by atoms with E-state index in [1.54, 1.807) is 17.2 Å². The van der Waals surface area contributed by atoms with Crippen LogP contribution in [0.3, 0.4) is 0 Å². The van der Waals surface area contributed by atoms with Crippen molar-refractivity contribution in [1.82, 2.24) is 30.5 Å². The average molecular weight is 716 g/mol. The van der Waals surface area contributed by atoms with E-state index in [0.29, 0.717) is 72.7 Å². The molecule has 2 unspecified atom stereocenters. The zero-order valence-corrected chi connectivity index (χ0v) is 29.2. The molecule has 3 N–H and O–H groups in total. The molecule has 0 spiro atoms. The van der Waals surface area contributed by atoms with Crippen molar-refractivity contribution in [1.29, 1.82) is 0 Å². The minimum absolute atomic E-state index is 0.00152. The third-order valence-corrected chi connectivity index (χ3v) is 10.5. The molecule has 5 heterocycles. The van der Waals surface area contributed by atoms with Crippen molar-refractivity contribution in [2.24, 2.45) is 0 Å². The van der Waals surface area contributed by atoms with Crippen LogP contribution in [-0.4, -0.2) is 94.0 Å². The number of aromatic nitrogens is 3. The van der Waals surface area contributed by atoms with E-state index in [4.69, 9.17) is 9.72 Å². The van der Waals surface area contributed by atoms with Gasteiger partial charge in [-0.3, -0.25) is 14.6 Å². The number of pyridine rings is 1. The van der Waals surface area contributed by atoms with Crippen molar-refractivity contribution in [2.45, 2.75) is 82.8 Å². The Morgan fingerprint density at radius 1 is 1.10 bits per heavy atom. The number of benzene rings is 2. The van der Waals surface area contributed by atoms with Gasteiger partial charge in [0.1, 0.15) is 41.5 Å². The van der Waals surface area contributed by atoms with Crippen LogP contribution in [-0.2, 0) is 20.8 Å². The summed E-state index contributed by atoms with van der Waals surface area (Å²) >= 11 is 0. The van der Waals surface area contributed by atoms with Gasteiger partial charge in [0.05, 0.1) is 18.0 Å². The van der Waals surface area contributed by atoms with Crippen molar-refractivity contribution >= 4 is 45.6 Å². The number of piperazine rings is 1. The fourth-order valence-corrected chi connectivity index (χ4v) is 7.97. The highest BCUT2D eigenvalue weighted by molar-refractivity contribution is 6.01. The lowest BCUT2D eigenvalue weighted by Gasteiger charge is -2.34. The molecular formula is C38H43F2N7O5. The van der Waals surface area contributed by atoms with Crippen LogP contribution in [0.5, 0.6) is 11.8 Å². The lowest BCUT2D eigenvalue weighted by molar-refractivity contribution is -0.133. The first-order valence-corrected chi connectivity index (χ1v) is 18.2. The molecule has 0 radical (unpaired) electrons. The number of phenolic OH excluding ortho intramolecular Hbond substituents is 1. The number of hydrogen-bond donors (Lipinski definition) is 3. The maximum atomic E-state index is 16.9. The molecule has 4 aromatic rings. The number of likely N-dealkylation sites (tertiary alicyclic amines) is 1. The first-order chi connectivity index (χ1) is 25.2. The molecule has 14 heteroatoms. The number of phenols is 1. The van der Waals surface area contributed by atoms with Gasteiger partial charge in [-0.05, 0) is 79.5 Å². The molecule has 2 aromatic heterocycles. The number of halogens is 2. The molecule has 3 aliphatic rings. The largest absolute Gasteiger partial charge is 0.508 e. The van der Waals surface area contributed by atoms with Gasteiger partial charge in [0.2, 0.25) is 11.8 Å². The molecule has 2 bridgehead atoms. The van der Waals surface area contributed by atoms with E-state index in [1.807, 2.05) is 6.92 Å². The van der Waals surface area contributed by atoms with Crippen molar-refractivity contribution in [3.63, 3.8) is 0 Å². The van der Waals surface area contributed by atoms with Crippen LogP contribution in [0, 0.1) is 11.6 Å². The molecule has 274 valence electrons. The number of nitrogens with one attached hydrogen (secondary N) is 2. The first-order valence-electron chi connectivity index (χ1n) is 18.2. The van der Waals surface area contributed by atoms with Crippen LogP contribution in [0.25, 0.3) is 32.9 Å². The minimum atomic E-state index is -0.736. The molecule has 0 saturated carbocycles. The monoisotopic (exact) mass is 715 g/mol. The number of anilines is 1. The van der Waals surface area contributed by atoms with Gasteiger partial charge in [-0.25, -0.2) is 8.78 Å². The van der Waals surface area contributed by atoms with Crippen molar-refractivity contribution in [3.05, 3.63) is 47.7 Å². The number of carbonyl (C=O) groups is 3. The number of rotatable bonds is 13. The highest BCUT2D eigenvalue weighted by Crippen LogP contribution is 2.39. The molecular weight excluding hydrogens is 672 g/mol. The molecule has 12 nitrogen and oxygen atoms in total. The summed E-state index contributed by atoms with van der Waals surface area (Å²) in [5, 5.41) is 18.2. The molecule has 3 atom stereocenters. The molecule has 0 aliphatic carbocycles. The summed E-state index contributed by atoms with van der Waals surface area (Å²) in [5.41, 5.74) is 0.584. The van der Waals surface area contributed by atoms with Gasteiger partial charge in [0.15, 0.2) is 5.82 Å². The highest BCUT2D eigenvalue weighted by atomic mass is 19.1. The Bertz CT molecular complexity index is 2000. The van der Waals surface area contributed by atoms with E-state index in [0.717, 1.165) is 25.7 Å². The Labute approximate surface area is 299 Å². The number of fused-ring (bicyclic) bond motifs is 4. The van der Waals surface area contributed by atoms with Crippen LogP contribution in [0.1, 0.15) is 63.9 Å². The maximum Gasteiger partial charge on any atom is 0.319 e. The number of nitrogens with zero attached hydrogens (tertiary/aromatic N) is 5. The van der Waals surface area contributed by atoms with E-state index >= 15 is 8.78 Å². The summed E-state index contributed by atoms with van der Waals surface area (Å²) < 4.78 is 38.1. The van der Waals surface area contributed by atoms with E-state index in [2.05, 4.69) is 25.5 Å². The van der Waals surface area contributed by atoms with Crippen LogP contribution in [0.15, 0.2) is 30.5 Å². The molecule has 3 saturated heterocycles. The van der Waals surface area contributed by atoms with Gasteiger partial charge < -0.3 is 35.1 Å². The Morgan fingerprint density at radius 3 is 2.65 bits per heavy atom. The van der Waals surface area contributed by atoms with E-state index in [1.165, 1.54) is 18.2 Å². The fourth-order valence-electron chi connectivity index (χ4n) is 7.97. The van der Waals surface area contributed by atoms with E-state index in [9.17, 15) is 19.5 Å². The Kier molecular flexibility index (Phi) is 10.4. The van der Waals surface area contributed by atoms with Crippen LogP contribution in [0.4, 0.5) is 14.6 Å². The minimum Gasteiger partial charge on any atom is -0.508 e. The van der Waals surface area contributed by atoms with Crippen molar-refractivity contribution < 1.29 is 33.0 Å².